The van der Waals surface area contributed by atoms with Crippen LogP contribution < -0.4 is 52.6 Å². The molecule has 6 fully saturated rings. The van der Waals surface area contributed by atoms with Crippen molar-refractivity contribution in [2.75, 3.05) is 171 Å². The van der Waals surface area contributed by atoms with Crippen molar-refractivity contribution in [1.82, 2.24) is 24.9 Å². The first-order valence-corrected chi connectivity index (χ1v) is 46.4. The Bertz CT molecular complexity index is 4190. The molecule has 732 valence electrons. The molecule has 37 heteroatoms. The minimum Gasteiger partial charge on any atom is -0.870 e. The van der Waals surface area contributed by atoms with Crippen molar-refractivity contribution < 1.29 is 147 Å². The van der Waals surface area contributed by atoms with Crippen LogP contribution in [0, 0.1) is 20.8 Å². The number of nitrogens with zero attached hydrogens (tertiary/aromatic N) is 4. The third kappa shape index (κ3) is 35.2. The summed E-state index contributed by atoms with van der Waals surface area (Å²) >= 11 is 31.6. The molecule has 6 aromatic carbocycles. The van der Waals surface area contributed by atoms with Gasteiger partial charge < -0.3 is 119 Å². The van der Waals surface area contributed by atoms with Crippen molar-refractivity contribution >= 4 is 87.9 Å². The van der Waals surface area contributed by atoms with Crippen LogP contribution in [0.25, 0.3) is 33.4 Å². The Balaban J connectivity index is 0.000000381. The predicted octanol–water partition coefficient (Wildman–Crippen LogP) is 10.3. The Labute approximate surface area is 812 Å². The molecular weight excluding hydrogens is 1810 g/mol. The normalized spacial score (nSPS) is 17.6. The van der Waals surface area contributed by atoms with E-state index in [9.17, 15) is 59.7 Å². The van der Waals surface area contributed by atoms with Crippen LogP contribution in [0.2, 0.25) is 15.1 Å². The van der Waals surface area contributed by atoms with Crippen LogP contribution in [-0.2, 0) is 42.9 Å². The van der Waals surface area contributed by atoms with Gasteiger partial charge in [-0.2, -0.15) is 0 Å². The SMILES string of the molecule is CC1CCCO1.COC(=O)C1(O)CCN(CCCOc2cccc(-c3cccc(OCCCN4CCC(O)(C(=O)OC)CC4)c3Cl)c2C)CC1.COC(=O)C1(O)CCNCC1.Cc1c(OCCCCl)cccc1-c1cccc(OCCCCl)c1Cl.Cc1c(OCCCN2CCC(O)(C(=O)O)CC2)cccc1-c1cccc(OCCCN2CCC(O)(C(=O)O)CC2)c1Cl.O.OO.[Li+].[OH-]. The first kappa shape index (κ1) is 117. The molecule has 6 heterocycles. The van der Waals surface area contributed by atoms with E-state index in [-0.39, 0.29) is 55.5 Å². The smallest absolute Gasteiger partial charge is 0.870 e. The molecule has 6 saturated heterocycles. The van der Waals surface area contributed by atoms with Crippen molar-refractivity contribution in [2.24, 2.45) is 0 Å². The molecule has 0 spiro atoms. The second-order valence-corrected chi connectivity index (χ2v) is 34.8. The third-order valence-corrected chi connectivity index (χ3v) is 25.7. The van der Waals surface area contributed by atoms with E-state index in [4.69, 9.17) is 111 Å². The number of hydrogen-bond donors (Lipinski definition) is 10. The van der Waals surface area contributed by atoms with E-state index in [2.05, 4.69) is 36.6 Å². The number of nitrogens with one attached hydrogen (secondary N) is 1. The van der Waals surface area contributed by atoms with Crippen molar-refractivity contribution in [3.05, 3.63) is 141 Å². The van der Waals surface area contributed by atoms with Crippen LogP contribution in [0.15, 0.2) is 109 Å². The zero-order valence-corrected chi connectivity index (χ0v) is 81.0. The Kier molecular flexibility index (Phi) is 53.1. The quantitative estimate of drug-likeness (QED) is 0.00332. The zero-order valence-electron chi connectivity index (χ0n) is 77.2. The van der Waals surface area contributed by atoms with E-state index in [1.54, 1.807) is 0 Å². The monoisotopic (exact) mass is 1940 g/mol. The number of benzene rings is 6. The zero-order chi connectivity index (χ0) is 94.2. The number of carbonyl (C=O) groups is 5. The second-order valence-electron chi connectivity index (χ2n) is 32.9. The number of esters is 3. The molecule has 6 aliphatic heterocycles. The molecular formula is C95H135Cl5LiN5O26. The van der Waals surface area contributed by atoms with Gasteiger partial charge in [0.05, 0.1) is 82.1 Å². The van der Waals surface area contributed by atoms with Crippen LogP contribution in [0.5, 0.6) is 34.5 Å². The molecule has 6 aliphatic rings. The number of ether oxygens (including phenoxy) is 10. The number of methoxy groups -OCH3 is 3. The minimum atomic E-state index is -1.62. The number of halogens is 5. The van der Waals surface area contributed by atoms with Crippen LogP contribution >= 0.6 is 58.0 Å². The van der Waals surface area contributed by atoms with Gasteiger partial charge in [-0.25, -0.2) is 24.0 Å². The summed E-state index contributed by atoms with van der Waals surface area (Å²) in [6.07, 6.45) is 11.0. The Morgan fingerprint density at radius 1 is 0.394 bits per heavy atom. The fraction of sp³-hybridized carbons (Fsp3) is 0.568. The molecule has 0 saturated carbocycles. The first-order valence-electron chi connectivity index (χ1n) is 44.2. The van der Waals surface area contributed by atoms with E-state index < -0.39 is 57.9 Å². The van der Waals surface area contributed by atoms with Crippen LogP contribution in [0.3, 0.4) is 0 Å². The third-order valence-electron chi connectivity index (χ3n) is 24.0. The van der Waals surface area contributed by atoms with Crippen LogP contribution in [-0.4, -0.2) is 312 Å². The van der Waals surface area contributed by atoms with Gasteiger partial charge in [0.15, 0.2) is 28.0 Å². The van der Waals surface area contributed by atoms with Gasteiger partial charge in [0.25, 0.3) is 0 Å². The molecule has 1 unspecified atom stereocenters. The van der Waals surface area contributed by atoms with E-state index >= 15 is 0 Å². The van der Waals surface area contributed by atoms with Crippen LogP contribution in [0.1, 0.15) is 139 Å². The number of rotatable bonds is 36. The molecule has 0 bridgehead atoms. The predicted molar refractivity (Wildman–Crippen MR) is 503 cm³/mol. The van der Waals surface area contributed by atoms with Gasteiger partial charge in [-0.1, -0.05) is 108 Å². The summed E-state index contributed by atoms with van der Waals surface area (Å²) in [5, 5.41) is 85.8. The average molecular weight is 1950 g/mol. The summed E-state index contributed by atoms with van der Waals surface area (Å²) in [6, 6.07) is 35.0. The summed E-state index contributed by atoms with van der Waals surface area (Å²) in [4.78, 5) is 65.8. The number of aliphatic carboxylic acids is 2. The Hall–Kier alpha value is -7.08. The topological polar surface area (TPSA) is 446 Å². The van der Waals surface area contributed by atoms with Gasteiger partial charge in [-0.15, -0.1) is 23.2 Å². The fourth-order valence-electron chi connectivity index (χ4n) is 15.8. The van der Waals surface area contributed by atoms with Crippen LogP contribution in [0.4, 0.5) is 0 Å². The number of alkyl halides is 2. The summed E-state index contributed by atoms with van der Waals surface area (Å²) < 4.78 is 55.0. The van der Waals surface area contributed by atoms with Gasteiger partial charge in [-0.05, 0) is 226 Å². The molecule has 0 aromatic heterocycles. The summed E-state index contributed by atoms with van der Waals surface area (Å²) in [5.74, 6) is 1.53. The number of aliphatic hydroxyl groups is 5. The molecule has 13 N–H and O–H groups in total. The standard InChI is InChI=1S/C33H45ClN2O8.C31H41ClN2O8.C19H21Cl3O2.C7H13NO3.C5H10O.Li.H2O2.2H2O/c1-24-25(8-4-10-27(24)43-22-6-16-35-18-12-32(39,13-19-35)30(37)41-2)26-9-5-11-28(29(26)34)44-23-7-17-36-20-14-33(40,15-21-36)31(38)42-3;1-22-23(6-2-8-25(22)41-20-4-14-33-16-10-30(39,11-17-33)28(35)36)24-7-3-9-26(27(24)32)42-21-5-15-34-18-12-31(40,13-19-34)29(37)38;1-14-15(6-2-8-17(14)23-12-4-10-20)16-7-3-9-18(19(16)22)24-13-5-11-21;1-11-6(9)7(10)2-4-8-5-3-7;1-5-3-2-4-6-5;;1-2;;/h4-5,8-11,39-40H,6-7,12-23H2,1-3H3;2-3,6-9,39-40H,4-5,10-21H2,1H3,(H,35,36)(H,37,38);2-3,6-9H,4-5,10-13H2,1H3;8,10H,2-5H2,1H3;5H,2-4H2,1H3;;1-2H;2*1H2/q;;;;;+1;;;/p-1. The summed E-state index contributed by atoms with van der Waals surface area (Å²) in [7, 11) is 3.90. The molecule has 1 atom stereocenters. The van der Waals surface area contributed by atoms with Gasteiger partial charge >= 0.3 is 48.7 Å². The van der Waals surface area contributed by atoms with Crippen molar-refractivity contribution in [3.63, 3.8) is 0 Å². The number of carboxylic acid groups (broad SMARTS) is 2. The maximum atomic E-state index is 11.8. The number of hydrogen-bond acceptors (Lipinski definition) is 28. The van der Waals surface area contributed by atoms with Gasteiger partial charge in [0.1, 0.15) is 34.5 Å². The molecule has 12 rings (SSSR count). The molecule has 0 aliphatic carbocycles. The van der Waals surface area contributed by atoms with Gasteiger partial charge in [0.2, 0.25) is 0 Å². The van der Waals surface area contributed by atoms with Crippen molar-refractivity contribution in [1.29, 1.82) is 0 Å². The number of likely N-dealkylation sites (tertiary alicyclic amines) is 4. The largest absolute Gasteiger partial charge is 1.00 e. The number of carbonyl (C=O) groups excluding carboxylic acids is 3. The molecule has 132 heavy (non-hydrogen) atoms. The van der Waals surface area contributed by atoms with Gasteiger partial charge in [-0.3, -0.25) is 10.5 Å². The molecule has 0 radical (unpaired) electrons. The van der Waals surface area contributed by atoms with Crippen molar-refractivity contribution in [3.8, 4) is 67.9 Å². The minimum absolute atomic E-state index is 0. The molecule has 0 amide bonds. The van der Waals surface area contributed by atoms with Gasteiger partial charge in [0, 0.05) is 114 Å². The molecule has 31 nitrogen and oxygen atoms in total. The number of carboxylic acids is 2. The first-order chi connectivity index (χ1) is 61.9. The maximum absolute atomic E-state index is 11.8. The maximum Gasteiger partial charge on any atom is 1.00 e. The summed E-state index contributed by atoms with van der Waals surface area (Å²) in [6.45, 7) is 21.4. The van der Waals surface area contributed by atoms with E-state index in [1.165, 1.54) is 34.2 Å². The molecule has 6 aromatic rings. The van der Waals surface area contributed by atoms with E-state index in [1.807, 2.05) is 130 Å². The summed E-state index contributed by atoms with van der Waals surface area (Å²) in [5.41, 5.74) is 1.39. The van der Waals surface area contributed by atoms with Crippen molar-refractivity contribution in [2.45, 2.75) is 177 Å². The second kappa shape index (κ2) is 59.8. The van der Waals surface area contributed by atoms with E-state index in [0.29, 0.717) is 194 Å². The number of piperidine rings is 5. The Morgan fingerprint density at radius 2 is 0.629 bits per heavy atom. The Morgan fingerprint density at radius 3 is 0.856 bits per heavy atom. The average Bonchev–Trinajstić information content (AvgIpc) is 0.910. The fourth-order valence-corrected chi connectivity index (χ4v) is 16.9. The van der Waals surface area contributed by atoms with E-state index in [0.717, 1.165) is 139 Å².